The van der Waals surface area contributed by atoms with Crippen LogP contribution in [0.15, 0.2) is 94.3 Å². The maximum absolute atomic E-state index is 2.59. The van der Waals surface area contributed by atoms with Crippen molar-refractivity contribution in [1.82, 2.24) is 0 Å². The largest absolute Gasteiger partial charge is 1.00 e. The Morgan fingerprint density at radius 2 is 1.34 bits per heavy atom. The first-order valence-electron chi connectivity index (χ1n) is 10.8. The van der Waals surface area contributed by atoms with Gasteiger partial charge in [0.1, 0.15) is 0 Å². The molecule has 0 bridgehead atoms. The third-order valence-electron chi connectivity index (χ3n) is 6.75. The molecule has 6 rings (SSSR count). The average Bonchev–Trinajstić information content (AvgIpc) is 3.42. The van der Waals surface area contributed by atoms with Gasteiger partial charge in [-0.25, -0.2) is 0 Å². The standard InChI is InChI=1S/C21H13.C5H5.C2H6Si.2ClH.Zr/c1-2-8-15-14(7-1)13-20-18-11-4-3-9-16(18)17-10-5-6-12-19(17)21(15)20;1-2-4-5-3-1;1-3-2;;;/h1-13H;1-3H,4H2;1-2H3;2*1H;/q;;;;;+2/p-2. The smallest absolute Gasteiger partial charge is 1.00 e. The van der Waals surface area contributed by atoms with Crippen LogP contribution in [0.5, 0.6) is 0 Å². The van der Waals surface area contributed by atoms with E-state index < -0.39 is 20.4 Å². The van der Waals surface area contributed by atoms with Gasteiger partial charge in [0.25, 0.3) is 0 Å². The molecule has 0 spiro atoms. The van der Waals surface area contributed by atoms with E-state index in [0.717, 1.165) is 0 Å². The van der Waals surface area contributed by atoms with Crippen molar-refractivity contribution in [1.29, 1.82) is 0 Å². The monoisotopic (exact) mass is 548 g/mol. The van der Waals surface area contributed by atoms with Crippen LogP contribution in [-0.4, -0.2) is 5.43 Å². The molecule has 0 saturated heterocycles. The van der Waals surface area contributed by atoms with Crippen LogP contribution in [0.3, 0.4) is 0 Å². The maximum atomic E-state index is 2.59. The van der Waals surface area contributed by atoms with Crippen LogP contribution in [0, 0.1) is 0 Å². The van der Waals surface area contributed by atoms with Gasteiger partial charge in [0.2, 0.25) is 0 Å². The third kappa shape index (κ3) is 3.51. The molecule has 4 aromatic rings. The minimum Gasteiger partial charge on any atom is -1.00 e. The number of benzene rings is 4. The van der Waals surface area contributed by atoms with E-state index in [9.17, 15) is 0 Å². The molecule has 0 N–H and O–H groups in total. The predicted molar refractivity (Wildman–Crippen MR) is 128 cm³/mol. The summed E-state index contributed by atoms with van der Waals surface area (Å²) in [5, 5.41) is 5.74. The molecular formula is C28H24Cl2SiZr. The molecule has 0 radical (unpaired) electrons. The summed E-state index contributed by atoms with van der Waals surface area (Å²) in [6.07, 6.45) is 8.36. The van der Waals surface area contributed by atoms with E-state index in [1.165, 1.54) is 39.1 Å². The van der Waals surface area contributed by atoms with Gasteiger partial charge in [-0.05, 0) is 0 Å². The zero-order valence-corrected chi connectivity index (χ0v) is 23.2. The second kappa shape index (κ2) is 9.43. The van der Waals surface area contributed by atoms with Crippen molar-refractivity contribution in [3.05, 3.63) is 105 Å². The molecule has 0 saturated carbocycles. The number of allylic oxidation sites excluding steroid dienone is 4. The van der Waals surface area contributed by atoms with E-state index in [-0.39, 0.29) is 30.2 Å². The Kier molecular flexibility index (Phi) is 6.99. The van der Waals surface area contributed by atoms with E-state index in [1.807, 2.05) is 3.28 Å². The van der Waals surface area contributed by atoms with Crippen molar-refractivity contribution in [2.45, 2.75) is 23.1 Å². The molecule has 0 aliphatic heterocycles. The zero-order chi connectivity index (χ0) is 20.2. The van der Waals surface area contributed by atoms with E-state index in [1.54, 1.807) is 11.1 Å². The molecule has 4 heteroatoms. The van der Waals surface area contributed by atoms with Crippen molar-refractivity contribution < 1.29 is 45.2 Å². The van der Waals surface area contributed by atoms with Gasteiger partial charge in [-0.2, -0.15) is 0 Å². The summed E-state index contributed by atoms with van der Waals surface area (Å²) < 4.78 is 2.46. The number of hydrogen-bond donors (Lipinski definition) is 0. The predicted octanol–water partition coefficient (Wildman–Crippen LogP) is 1.78. The summed E-state index contributed by atoms with van der Waals surface area (Å²) in [6, 6.07) is 27.6. The first-order valence-corrected chi connectivity index (χ1v) is 19.7. The molecule has 32 heavy (non-hydrogen) atoms. The van der Waals surface area contributed by atoms with Gasteiger partial charge in [0.05, 0.1) is 0 Å². The molecule has 0 amide bonds. The fraction of sp³-hybridized carbons (Fsp3) is 0.143. The summed E-state index contributed by atoms with van der Waals surface area (Å²) in [4.78, 5) is 0. The van der Waals surface area contributed by atoms with Crippen LogP contribution in [0.4, 0.5) is 0 Å². The number of halogens is 2. The Balaban J connectivity index is 0.00000122. The van der Waals surface area contributed by atoms with Crippen LogP contribution in [0.1, 0.15) is 21.2 Å². The molecule has 0 fully saturated rings. The SMILES string of the molecule is C[Si](C)=[Zr+2]([C]1=CC=CC1)[CH]1c2ccccc2-c2c1c1ccccc1c1ccccc21.[Cl-].[Cl-]. The summed E-state index contributed by atoms with van der Waals surface area (Å²) in [7, 11) is 0. The summed E-state index contributed by atoms with van der Waals surface area (Å²) >= 11 is -1.91. The van der Waals surface area contributed by atoms with Crippen molar-refractivity contribution in [3.63, 3.8) is 0 Å². The minimum absolute atomic E-state index is 0. The van der Waals surface area contributed by atoms with Crippen molar-refractivity contribution in [3.8, 4) is 11.1 Å². The Labute approximate surface area is 210 Å². The van der Waals surface area contributed by atoms with E-state index in [4.69, 9.17) is 0 Å². The normalized spacial score (nSPS) is 15.3. The number of hydrogen-bond acceptors (Lipinski definition) is 0. The van der Waals surface area contributed by atoms with Crippen molar-refractivity contribution in [2.24, 2.45) is 0 Å². The van der Waals surface area contributed by atoms with Gasteiger partial charge in [-0.3, -0.25) is 0 Å². The second-order valence-electron chi connectivity index (χ2n) is 8.64. The number of fused-ring (bicyclic) bond motifs is 8. The van der Waals surface area contributed by atoms with E-state index in [2.05, 4.69) is 104 Å². The quantitative estimate of drug-likeness (QED) is 0.264. The average molecular weight is 551 g/mol. The first kappa shape index (κ1) is 23.7. The fourth-order valence-corrected chi connectivity index (χ4v) is 24.0. The maximum Gasteiger partial charge on any atom is -1.00 e. The zero-order valence-electron chi connectivity index (χ0n) is 18.2. The van der Waals surface area contributed by atoms with Crippen LogP contribution in [0.2, 0.25) is 13.1 Å². The van der Waals surface area contributed by atoms with E-state index in [0.29, 0.717) is 3.63 Å². The van der Waals surface area contributed by atoms with Gasteiger partial charge in [0.15, 0.2) is 0 Å². The second-order valence-corrected chi connectivity index (χ2v) is 26.2. The van der Waals surface area contributed by atoms with Gasteiger partial charge < -0.3 is 24.8 Å². The molecule has 0 heterocycles. The molecule has 2 aliphatic rings. The summed E-state index contributed by atoms with van der Waals surface area (Å²) in [5.41, 5.74) is 5.93. The Morgan fingerprint density at radius 3 is 2.00 bits per heavy atom. The molecule has 0 aromatic heterocycles. The molecule has 158 valence electrons. The molecule has 2 aliphatic carbocycles. The molecule has 0 nitrogen and oxygen atoms in total. The van der Waals surface area contributed by atoms with Crippen LogP contribution < -0.4 is 24.8 Å². The van der Waals surface area contributed by atoms with Crippen LogP contribution in [-0.2, 0) is 20.4 Å². The topological polar surface area (TPSA) is 0 Å². The fourth-order valence-electron chi connectivity index (χ4n) is 5.63. The van der Waals surface area contributed by atoms with Gasteiger partial charge in [-0.1, -0.05) is 0 Å². The molecule has 4 aromatic carbocycles. The Morgan fingerprint density at radius 1 is 0.750 bits per heavy atom. The summed E-state index contributed by atoms with van der Waals surface area (Å²) in [5.74, 6) is 0. The van der Waals surface area contributed by atoms with E-state index >= 15 is 0 Å². The van der Waals surface area contributed by atoms with Gasteiger partial charge in [0, 0.05) is 0 Å². The third-order valence-corrected chi connectivity index (χ3v) is 24.9. The van der Waals surface area contributed by atoms with Crippen LogP contribution >= 0.6 is 0 Å². The van der Waals surface area contributed by atoms with Crippen molar-refractivity contribution in [2.75, 3.05) is 0 Å². The minimum atomic E-state index is -1.91. The molecular weight excluding hydrogens is 527 g/mol. The van der Waals surface area contributed by atoms with Gasteiger partial charge >= 0.3 is 187 Å². The Hall–Kier alpha value is -1.44. The number of rotatable bonds is 2. The van der Waals surface area contributed by atoms with Crippen LogP contribution in [0.25, 0.3) is 32.7 Å². The summed E-state index contributed by atoms with van der Waals surface area (Å²) in [6.45, 7) is 5.17. The first-order chi connectivity index (χ1) is 14.8. The molecule has 1 unspecified atom stereocenters. The van der Waals surface area contributed by atoms with Crippen molar-refractivity contribution >= 4 is 27.0 Å². The Bertz CT molecular complexity index is 1440. The molecule has 1 atom stereocenters. The van der Waals surface area contributed by atoms with Gasteiger partial charge in [-0.15, -0.1) is 0 Å².